The molecule has 4 rings (SSSR count). The minimum atomic E-state index is -3.97. The molecule has 2 heterocycles. The monoisotopic (exact) mass is 539 g/mol. The Balaban J connectivity index is 1.92. The Morgan fingerprint density at radius 2 is 1.46 bits per heavy atom. The molecule has 37 heavy (non-hydrogen) atoms. The number of carbonyl (C=O) groups excluding carboxylic acids is 2. The van der Waals surface area contributed by atoms with Crippen molar-refractivity contribution < 1.29 is 27.5 Å². The maximum Gasteiger partial charge on any atom is 0.336 e. The fraction of sp³-hybridized carbons (Fsp3) is 0.192. The van der Waals surface area contributed by atoms with Gasteiger partial charge in [0.15, 0.2) is 0 Å². The van der Waals surface area contributed by atoms with Gasteiger partial charge in [-0.1, -0.05) is 42.5 Å². The molecule has 0 saturated carbocycles. The van der Waals surface area contributed by atoms with Gasteiger partial charge in [-0.15, -0.1) is 11.3 Å². The molecule has 0 fully saturated rings. The van der Waals surface area contributed by atoms with Crippen molar-refractivity contribution in [2.45, 2.75) is 24.7 Å². The summed E-state index contributed by atoms with van der Waals surface area (Å²) in [6.45, 7) is 3.48. The molecule has 0 unspecified atom stereocenters. The predicted octanol–water partition coefficient (Wildman–Crippen LogP) is 3.71. The van der Waals surface area contributed by atoms with Crippen molar-refractivity contribution in [3.05, 3.63) is 82.0 Å². The van der Waals surface area contributed by atoms with Crippen molar-refractivity contribution in [1.82, 2.24) is 10.3 Å². The molecule has 1 aromatic heterocycles. The molecule has 1 aliphatic rings. The average molecular weight is 540 g/mol. The van der Waals surface area contributed by atoms with Crippen molar-refractivity contribution in [2.75, 3.05) is 14.2 Å². The van der Waals surface area contributed by atoms with Crippen LogP contribution in [0.1, 0.15) is 25.3 Å². The van der Waals surface area contributed by atoms with Gasteiger partial charge in [0.25, 0.3) is 0 Å². The van der Waals surface area contributed by atoms with E-state index >= 15 is 0 Å². The lowest BCUT2D eigenvalue weighted by atomic mass is 9.78. The Morgan fingerprint density at radius 1 is 0.919 bits per heavy atom. The lowest BCUT2D eigenvalue weighted by Gasteiger charge is -2.31. The number of hydrogen-bond donors (Lipinski definition) is 2. The second kappa shape index (κ2) is 10.3. The van der Waals surface area contributed by atoms with E-state index in [1.807, 2.05) is 18.2 Å². The minimum Gasteiger partial charge on any atom is -0.466 e. The van der Waals surface area contributed by atoms with Gasteiger partial charge < -0.3 is 14.8 Å². The Kier molecular flexibility index (Phi) is 7.30. The van der Waals surface area contributed by atoms with Crippen LogP contribution in [0.4, 0.5) is 0 Å². The number of sulfonamides is 1. The zero-order chi connectivity index (χ0) is 26.9. The molecule has 0 radical (unpaired) electrons. The SMILES string of the molecule is COC(=O)C1=C(C)NC(C)=C(C(=O)OC)C1c1ccccc1-c1nc(-c2ccccc2S(N)(=O)=O)cs1. The van der Waals surface area contributed by atoms with Crippen LogP contribution in [-0.2, 0) is 29.1 Å². The van der Waals surface area contributed by atoms with Gasteiger partial charge in [-0.25, -0.2) is 28.1 Å². The van der Waals surface area contributed by atoms with E-state index in [1.165, 1.54) is 31.6 Å². The third kappa shape index (κ3) is 4.93. The molecule has 0 saturated heterocycles. The Bertz CT molecular complexity index is 1530. The van der Waals surface area contributed by atoms with E-state index in [2.05, 4.69) is 5.32 Å². The fourth-order valence-electron chi connectivity index (χ4n) is 4.46. The topological polar surface area (TPSA) is 138 Å². The van der Waals surface area contributed by atoms with Gasteiger partial charge in [-0.2, -0.15) is 0 Å². The number of methoxy groups -OCH3 is 2. The van der Waals surface area contributed by atoms with Gasteiger partial charge in [0, 0.05) is 27.9 Å². The molecular weight excluding hydrogens is 514 g/mol. The number of ether oxygens (including phenoxy) is 2. The molecule has 0 bridgehead atoms. The van der Waals surface area contributed by atoms with E-state index in [1.54, 1.807) is 43.5 Å². The van der Waals surface area contributed by atoms with Crippen LogP contribution >= 0.6 is 11.3 Å². The van der Waals surface area contributed by atoms with Gasteiger partial charge in [-0.3, -0.25) is 0 Å². The second-order valence-electron chi connectivity index (χ2n) is 8.28. The molecule has 2 aromatic carbocycles. The summed E-state index contributed by atoms with van der Waals surface area (Å²) in [5.74, 6) is -1.96. The molecule has 11 heteroatoms. The maximum atomic E-state index is 12.9. The summed E-state index contributed by atoms with van der Waals surface area (Å²) >= 11 is 1.30. The van der Waals surface area contributed by atoms with Crippen LogP contribution in [0.2, 0.25) is 0 Å². The number of dihydropyridines is 1. The van der Waals surface area contributed by atoms with Crippen molar-refractivity contribution in [3.8, 4) is 21.8 Å². The Labute approximate surface area is 218 Å². The van der Waals surface area contributed by atoms with Crippen LogP contribution in [0, 0.1) is 0 Å². The molecule has 0 spiro atoms. The number of carbonyl (C=O) groups is 2. The first-order valence-electron chi connectivity index (χ1n) is 11.1. The van der Waals surface area contributed by atoms with Crippen LogP contribution in [0.25, 0.3) is 21.8 Å². The zero-order valence-electron chi connectivity index (χ0n) is 20.6. The third-order valence-electron chi connectivity index (χ3n) is 6.05. The third-order valence-corrected chi connectivity index (χ3v) is 7.89. The number of aromatic nitrogens is 1. The summed E-state index contributed by atoms with van der Waals surface area (Å²) in [4.78, 5) is 30.5. The fourth-order valence-corrected chi connectivity index (χ4v) is 6.07. The molecule has 192 valence electrons. The molecule has 3 N–H and O–H groups in total. The van der Waals surface area contributed by atoms with E-state index in [0.29, 0.717) is 38.8 Å². The number of nitrogens with two attached hydrogens (primary N) is 1. The van der Waals surface area contributed by atoms with Crippen molar-refractivity contribution in [3.63, 3.8) is 0 Å². The summed E-state index contributed by atoms with van der Waals surface area (Å²) in [6, 6.07) is 13.6. The van der Waals surface area contributed by atoms with E-state index in [9.17, 15) is 18.0 Å². The number of primary sulfonamides is 1. The molecule has 0 atom stereocenters. The van der Waals surface area contributed by atoms with E-state index in [0.717, 1.165) is 0 Å². The summed E-state index contributed by atoms with van der Waals surface area (Å²) < 4.78 is 34.4. The molecule has 0 amide bonds. The smallest absolute Gasteiger partial charge is 0.336 e. The normalized spacial score (nSPS) is 14.4. The largest absolute Gasteiger partial charge is 0.466 e. The first kappa shape index (κ1) is 26.3. The molecule has 0 aliphatic carbocycles. The molecule has 3 aromatic rings. The Morgan fingerprint density at radius 3 is 2.03 bits per heavy atom. The van der Waals surface area contributed by atoms with Crippen LogP contribution in [0.5, 0.6) is 0 Å². The molecule has 1 aliphatic heterocycles. The number of rotatable bonds is 6. The summed E-state index contributed by atoms with van der Waals surface area (Å²) in [7, 11) is -1.41. The second-order valence-corrected chi connectivity index (χ2v) is 10.7. The van der Waals surface area contributed by atoms with Gasteiger partial charge in [0.05, 0.1) is 41.9 Å². The van der Waals surface area contributed by atoms with Crippen LogP contribution in [-0.4, -0.2) is 39.6 Å². The highest BCUT2D eigenvalue weighted by Crippen LogP contribution is 2.44. The summed E-state index contributed by atoms with van der Waals surface area (Å²) in [5.41, 5.74) is 3.78. The number of benzene rings is 2. The quantitative estimate of drug-likeness (QED) is 0.452. The standard InChI is InChI=1S/C26H25N3O6S2/c1-14-21(25(30)34-3)23(22(15(2)28-14)26(31)35-4)16-9-5-6-10-17(16)24-29-19(13-36-24)18-11-7-8-12-20(18)37(27,32)33/h5-13,23,28H,1-4H3,(H2,27,32,33). The molecular formula is C26H25N3O6S2. The predicted molar refractivity (Wildman–Crippen MR) is 140 cm³/mol. The van der Waals surface area contributed by atoms with Gasteiger partial charge >= 0.3 is 11.9 Å². The molecule has 9 nitrogen and oxygen atoms in total. The number of nitrogens with zero attached hydrogens (tertiary/aromatic N) is 1. The Hall–Kier alpha value is -3.80. The number of thiazole rings is 1. The van der Waals surface area contributed by atoms with E-state index in [4.69, 9.17) is 19.6 Å². The highest BCUT2D eigenvalue weighted by molar-refractivity contribution is 7.89. The summed E-state index contributed by atoms with van der Waals surface area (Å²) in [6.07, 6.45) is 0. The minimum absolute atomic E-state index is 0.0310. The summed E-state index contributed by atoms with van der Waals surface area (Å²) in [5, 5.41) is 10.8. The number of esters is 2. The number of allylic oxidation sites excluding steroid dienone is 2. The lowest BCUT2D eigenvalue weighted by Crippen LogP contribution is -2.32. The first-order chi connectivity index (χ1) is 17.6. The lowest BCUT2D eigenvalue weighted by molar-refractivity contribution is -0.137. The van der Waals surface area contributed by atoms with E-state index in [-0.39, 0.29) is 16.0 Å². The highest BCUT2D eigenvalue weighted by atomic mass is 32.2. The zero-order valence-corrected chi connectivity index (χ0v) is 22.2. The van der Waals surface area contributed by atoms with E-state index < -0.39 is 27.9 Å². The van der Waals surface area contributed by atoms with Crippen LogP contribution < -0.4 is 10.5 Å². The highest BCUT2D eigenvalue weighted by Gasteiger charge is 2.39. The average Bonchev–Trinajstić information content (AvgIpc) is 3.37. The van der Waals surface area contributed by atoms with Crippen molar-refractivity contribution in [1.29, 1.82) is 0 Å². The van der Waals surface area contributed by atoms with Crippen molar-refractivity contribution >= 4 is 33.3 Å². The van der Waals surface area contributed by atoms with Gasteiger partial charge in [0.1, 0.15) is 5.01 Å². The first-order valence-corrected chi connectivity index (χ1v) is 13.5. The van der Waals surface area contributed by atoms with Crippen molar-refractivity contribution in [2.24, 2.45) is 5.14 Å². The van der Waals surface area contributed by atoms with Gasteiger partial charge in [0.2, 0.25) is 10.0 Å². The maximum absolute atomic E-state index is 12.9. The number of hydrogen-bond acceptors (Lipinski definition) is 9. The van der Waals surface area contributed by atoms with Crippen LogP contribution in [0.3, 0.4) is 0 Å². The van der Waals surface area contributed by atoms with Crippen LogP contribution in [0.15, 0.2) is 81.3 Å². The number of nitrogens with one attached hydrogen (secondary N) is 1. The van der Waals surface area contributed by atoms with Gasteiger partial charge in [-0.05, 0) is 25.5 Å².